The quantitative estimate of drug-likeness (QED) is 0.672. The van der Waals surface area contributed by atoms with Crippen LogP contribution in [0.3, 0.4) is 0 Å². The Hall–Kier alpha value is -2.62. The zero-order valence-electron chi connectivity index (χ0n) is 11.5. The number of carbonyl (C=O) groups excluding carboxylic acids is 2. The SMILES string of the molecule is O=C(CN(c1ccccc1)C1CNC1=O)c1ccccc1. The van der Waals surface area contributed by atoms with E-state index in [1.807, 2.05) is 53.4 Å². The van der Waals surface area contributed by atoms with Gasteiger partial charge in [0, 0.05) is 17.8 Å². The van der Waals surface area contributed by atoms with Gasteiger partial charge in [-0.15, -0.1) is 0 Å². The van der Waals surface area contributed by atoms with Crippen molar-refractivity contribution in [2.45, 2.75) is 6.04 Å². The third-order valence-electron chi connectivity index (χ3n) is 3.65. The van der Waals surface area contributed by atoms with Crippen LogP contribution >= 0.6 is 0 Å². The molecule has 1 aliphatic rings. The number of amides is 1. The highest BCUT2D eigenvalue weighted by Crippen LogP contribution is 2.20. The van der Waals surface area contributed by atoms with E-state index in [1.165, 1.54) is 0 Å². The molecule has 4 nitrogen and oxygen atoms in total. The summed E-state index contributed by atoms with van der Waals surface area (Å²) < 4.78 is 0. The second-order valence-corrected chi connectivity index (χ2v) is 5.01. The van der Waals surface area contributed by atoms with Gasteiger partial charge < -0.3 is 10.2 Å². The number of para-hydroxylation sites is 1. The Labute approximate surface area is 123 Å². The number of hydrogen-bond acceptors (Lipinski definition) is 3. The number of carbonyl (C=O) groups is 2. The van der Waals surface area contributed by atoms with Gasteiger partial charge in [0.1, 0.15) is 6.04 Å². The minimum atomic E-state index is -0.264. The monoisotopic (exact) mass is 280 g/mol. The highest BCUT2D eigenvalue weighted by Gasteiger charge is 2.34. The maximum absolute atomic E-state index is 12.4. The first kappa shape index (κ1) is 13.4. The predicted molar refractivity (Wildman–Crippen MR) is 81.4 cm³/mol. The summed E-state index contributed by atoms with van der Waals surface area (Å²) in [7, 11) is 0. The van der Waals surface area contributed by atoms with Crippen molar-refractivity contribution in [3.63, 3.8) is 0 Å². The van der Waals surface area contributed by atoms with Crippen LogP contribution in [0.5, 0.6) is 0 Å². The first-order valence-corrected chi connectivity index (χ1v) is 6.93. The minimum Gasteiger partial charge on any atom is -0.352 e. The third-order valence-corrected chi connectivity index (χ3v) is 3.65. The van der Waals surface area contributed by atoms with Crippen molar-refractivity contribution >= 4 is 17.4 Å². The highest BCUT2D eigenvalue weighted by atomic mass is 16.2. The predicted octanol–water partition coefficient (Wildman–Crippen LogP) is 1.87. The van der Waals surface area contributed by atoms with Crippen LogP contribution in [0.1, 0.15) is 10.4 Å². The fourth-order valence-electron chi connectivity index (χ4n) is 2.40. The van der Waals surface area contributed by atoms with Crippen LogP contribution in [0.2, 0.25) is 0 Å². The second kappa shape index (κ2) is 5.79. The molecule has 4 heteroatoms. The lowest BCUT2D eigenvalue weighted by atomic mass is 10.1. The van der Waals surface area contributed by atoms with Gasteiger partial charge in [0.15, 0.2) is 5.78 Å². The number of ketones is 1. The number of Topliss-reactive ketones (excluding diaryl/α,β-unsaturated/α-hetero) is 1. The maximum Gasteiger partial charge on any atom is 0.244 e. The molecule has 2 aromatic rings. The molecule has 1 heterocycles. The number of nitrogens with zero attached hydrogens (tertiary/aromatic N) is 1. The number of hydrogen-bond donors (Lipinski definition) is 1. The molecule has 0 bridgehead atoms. The Morgan fingerprint density at radius 3 is 2.19 bits per heavy atom. The molecule has 1 fully saturated rings. The van der Waals surface area contributed by atoms with Gasteiger partial charge in [-0.3, -0.25) is 9.59 Å². The molecule has 21 heavy (non-hydrogen) atoms. The summed E-state index contributed by atoms with van der Waals surface area (Å²) in [5, 5.41) is 2.73. The highest BCUT2D eigenvalue weighted by molar-refractivity contribution is 6.01. The van der Waals surface area contributed by atoms with Gasteiger partial charge in [-0.2, -0.15) is 0 Å². The zero-order chi connectivity index (χ0) is 14.7. The molecule has 0 radical (unpaired) electrons. The van der Waals surface area contributed by atoms with Gasteiger partial charge in [0.05, 0.1) is 6.54 Å². The lowest BCUT2D eigenvalue weighted by molar-refractivity contribution is -0.127. The van der Waals surface area contributed by atoms with Crippen LogP contribution in [0.15, 0.2) is 60.7 Å². The minimum absolute atomic E-state index is 0.0131. The Bertz CT molecular complexity index is 640. The van der Waals surface area contributed by atoms with E-state index in [0.29, 0.717) is 12.1 Å². The lowest BCUT2D eigenvalue weighted by Crippen LogP contribution is -2.63. The van der Waals surface area contributed by atoms with Crippen molar-refractivity contribution in [3.05, 3.63) is 66.2 Å². The molecule has 3 rings (SSSR count). The molecule has 1 atom stereocenters. The van der Waals surface area contributed by atoms with Crippen molar-refractivity contribution < 1.29 is 9.59 Å². The molecule has 2 aromatic carbocycles. The van der Waals surface area contributed by atoms with E-state index in [2.05, 4.69) is 5.32 Å². The molecule has 1 unspecified atom stereocenters. The van der Waals surface area contributed by atoms with E-state index in [1.54, 1.807) is 12.1 Å². The van der Waals surface area contributed by atoms with Crippen LogP contribution in [0.4, 0.5) is 5.69 Å². The maximum atomic E-state index is 12.4. The summed E-state index contributed by atoms with van der Waals surface area (Å²) in [5.41, 5.74) is 1.56. The van der Waals surface area contributed by atoms with Crippen LogP contribution in [-0.2, 0) is 4.79 Å². The third kappa shape index (κ3) is 2.79. The number of β-lactam (4-membered cyclic amide) rings is 1. The van der Waals surface area contributed by atoms with Gasteiger partial charge in [-0.05, 0) is 12.1 Å². The van der Waals surface area contributed by atoms with E-state index >= 15 is 0 Å². The van der Waals surface area contributed by atoms with Crippen LogP contribution in [-0.4, -0.2) is 30.8 Å². The summed E-state index contributed by atoms with van der Waals surface area (Å²) in [6, 6.07) is 18.5. The van der Waals surface area contributed by atoms with Gasteiger partial charge in [0.2, 0.25) is 5.91 Å². The summed E-state index contributed by atoms with van der Waals surface area (Å²) in [5.74, 6) is -0.0149. The molecule has 0 spiro atoms. The number of nitrogens with one attached hydrogen (secondary N) is 1. The van der Waals surface area contributed by atoms with Crippen molar-refractivity contribution in [2.24, 2.45) is 0 Å². The summed E-state index contributed by atoms with van der Waals surface area (Å²) in [4.78, 5) is 26.0. The zero-order valence-corrected chi connectivity index (χ0v) is 11.5. The molecule has 106 valence electrons. The first-order valence-electron chi connectivity index (χ1n) is 6.93. The Balaban J connectivity index is 1.83. The average Bonchev–Trinajstić information content (AvgIpc) is 2.54. The van der Waals surface area contributed by atoms with E-state index in [4.69, 9.17) is 0 Å². The van der Waals surface area contributed by atoms with Gasteiger partial charge in [-0.1, -0.05) is 48.5 Å². The van der Waals surface area contributed by atoms with Gasteiger partial charge in [-0.25, -0.2) is 0 Å². The van der Waals surface area contributed by atoms with Crippen LogP contribution < -0.4 is 10.2 Å². The fraction of sp³-hybridized carbons (Fsp3) is 0.176. The molecule has 1 amide bonds. The van der Waals surface area contributed by atoms with Crippen molar-refractivity contribution in [3.8, 4) is 0 Å². The molecule has 0 saturated carbocycles. The summed E-state index contributed by atoms with van der Waals surface area (Å²) in [6.45, 7) is 0.780. The molecule has 0 aromatic heterocycles. The van der Waals surface area contributed by atoms with Gasteiger partial charge >= 0.3 is 0 Å². The normalized spacial score (nSPS) is 16.8. The van der Waals surface area contributed by atoms with Crippen molar-refractivity contribution in [2.75, 3.05) is 18.0 Å². The van der Waals surface area contributed by atoms with E-state index in [9.17, 15) is 9.59 Å². The van der Waals surface area contributed by atoms with Gasteiger partial charge in [0.25, 0.3) is 0 Å². The Morgan fingerprint density at radius 2 is 1.67 bits per heavy atom. The largest absolute Gasteiger partial charge is 0.352 e. The van der Waals surface area contributed by atoms with E-state index in [-0.39, 0.29) is 24.3 Å². The molecular formula is C17H16N2O2. The molecule has 1 N–H and O–H groups in total. The smallest absolute Gasteiger partial charge is 0.244 e. The second-order valence-electron chi connectivity index (χ2n) is 5.01. The Morgan fingerprint density at radius 1 is 1.05 bits per heavy atom. The average molecular weight is 280 g/mol. The molecule has 0 aliphatic carbocycles. The summed E-state index contributed by atoms with van der Waals surface area (Å²) in [6.07, 6.45) is 0. The number of benzene rings is 2. The van der Waals surface area contributed by atoms with E-state index in [0.717, 1.165) is 5.69 Å². The Kier molecular flexibility index (Phi) is 3.69. The number of rotatable bonds is 5. The summed E-state index contributed by atoms with van der Waals surface area (Å²) >= 11 is 0. The van der Waals surface area contributed by atoms with Crippen LogP contribution in [0, 0.1) is 0 Å². The van der Waals surface area contributed by atoms with Crippen molar-refractivity contribution in [1.82, 2.24) is 5.32 Å². The molecule has 1 aliphatic heterocycles. The van der Waals surface area contributed by atoms with Crippen LogP contribution in [0.25, 0.3) is 0 Å². The molecular weight excluding hydrogens is 264 g/mol. The fourth-order valence-corrected chi connectivity index (χ4v) is 2.40. The topological polar surface area (TPSA) is 49.4 Å². The lowest BCUT2D eigenvalue weighted by Gasteiger charge is -2.38. The van der Waals surface area contributed by atoms with Crippen molar-refractivity contribution in [1.29, 1.82) is 0 Å². The standard InChI is InChI=1S/C17H16N2O2/c20-16(13-7-3-1-4-8-13)12-19(15-11-18-17(15)21)14-9-5-2-6-10-14/h1-10,15H,11-12H2,(H,18,21). The van der Waals surface area contributed by atoms with E-state index < -0.39 is 0 Å². The number of anilines is 1. The first-order chi connectivity index (χ1) is 10.3. The molecule has 1 saturated heterocycles.